The van der Waals surface area contributed by atoms with Crippen molar-refractivity contribution in [3.8, 4) is 0 Å². The minimum atomic E-state index is -4.04. The molecule has 0 radical (unpaired) electrons. The summed E-state index contributed by atoms with van der Waals surface area (Å²) in [5.41, 5.74) is 0.188. The van der Waals surface area contributed by atoms with Crippen molar-refractivity contribution in [1.29, 1.82) is 0 Å². The van der Waals surface area contributed by atoms with E-state index in [0.717, 1.165) is 6.54 Å². The van der Waals surface area contributed by atoms with E-state index >= 15 is 0 Å². The fourth-order valence-corrected chi connectivity index (χ4v) is 6.83. The predicted octanol–water partition coefficient (Wildman–Crippen LogP) is 4.79. The molecular formula is C25H27Cl3N4O5S2. The van der Waals surface area contributed by atoms with Crippen LogP contribution >= 0.6 is 35.6 Å². The van der Waals surface area contributed by atoms with E-state index in [1.807, 2.05) is 6.92 Å². The van der Waals surface area contributed by atoms with E-state index in [1.54, 1.807) is 6.07 Å². The van der Waals surface area contributed by atoms with Crippen LogP contribution in [0.25, 0.3) is 0 Å². The van der Waals surface area contributed by atoms with Crippen molar-refractivity contribution < 1.29 is 21.6 Å². The number of likely N-dealkylation sites (N-methyl/N-ethyl adjacent to an activating group) is 1. The number of amides is 1. The lowest BCUT2D eigenvalue weighted by Gasteiger charge is -2.33. The van der Waals surface area contributed by atoms with Gasteiger partial charge in [-0.25, -0.2) is 16.8 Å². The number of halogens is 3. The van der Waals surface area contributed by atoms with Gasteiger partial charge in [0.25, 0.3) is 15.9 Å². The van der Waals surface area contributed by atoms with E-state index in [2.05, 4.69) is 14.9 Å². The minimum absolute atomic E-state index is 0. The second kappa shape index (κ2) is 12.9. The standard InChI is InChI=1S/C25H26Cl2N4O5S2.ClH/c1-2-30-12-14-31(15-13-30)38(35,36)22-5-3-4-20(17-22)28-25(32)23-16-19(27)8-11-24(23)29-37(33,34)21-9-6-18(26)7-10-21;/h3-11,16-17,29H,2,12-15H2,1H3,(H,28,32);1H. The van der Waals surface area contributed by atoms with Gasteiger partial charge in [0.15, 0.2) is 0 Å². The molecule has 3 aromatic carbocycles. The fraction of sp³-hybridized carbons (Fsp3) is 0.240. The van der Waals surface area contributed by atoms with Crippen LogP contribution in [0.2, 0.25) is 10.0 Å². The van der Waals surface area contributed by atoms with E-state index in [1.165, 1.54) is 65.0 Å². The molecule has 210 valence electrons. The summed E-state index contributed by atoms with van der Waals surface area (Å²) in [7, 11) is -7.79. The zero-order valence-corrected chi connectivity index (χ0v) is 24.8. The van der Waals surface area contributed by atoms with Crippen molar-refractivity contribution in [2.75, 3.05) is 42.8 Å². The van der Waals surface area contributed by atoms with Crippen molar-refractivity contribution in [3.63, 3.8) is 0 Å². The number of anilines is 2. The molecule has 0 aliphatic carbocycles. The minimum Gasteiger partial charge on any atom is -0.322 e. The summed E-state index contributed by atoms with van der Waals surface area (Å²) in [5, 5.41) is 3.24. The van der Waals surface area contributed by atoms with Gasteiger partial charge in [-0.1, -0.05) is 36.2 Å². The van der Waals surface area contributed by atoms with Crippen LogP contribution in [0.3, 0.4) is 0 Å². The summed E-state index contributed by atoms with van der Waals surface area (Å²) in [6, 6.07) is 15.6. The van der Waals surface area contributed by atoms with Crippen LogP contribution in [0.5, 0.6) is 0 Å². The van der Waals surface area contributed by atoms with Gasteiger partial charge in [-0.15, -0.1) is 12.4 Å². The third-order valence-electron chi connectivity index (χ3n) is 6.10. The van der Waals surface area contributed by atoms with E-state index in [9.17, 15) is 21.6 Å². The lowest BCUT2D eigenvalue weighted by molar-refractivity contribution is 0.102. The first-order valence-corrected chi connectivity index (χ1v) is 15.4. The summed E-state index contributed by atoms with van der Waals surface area (Å²) >= 11 is 12.0. The quantitative estimate of drug-likeness (QED) is 0.369. The van der Waals surface area contributed by atoms with E-state index in [0.29, 0.717) is 31.2 Å². The van der Waals surface area contributed by atoms with Crippen molar-refractivity contribution in [2.24, 2.45) is 0 Å². The zero-order chi connectivity index (χ0) is 27.5. The normalized spacial score (nSPS) is 14.8. The highest BCUT2D eigenvalue weighted by atomic mass is 35.5. The molecule has 1 fully saturated rings. The molecule has 9 nitrogen and oxygen atoms in total. The topological polar surface area (TPSA) is 116 Å². The summed E-state index contributed by atoms with van der Waals surface area (Å²) in [4.78, 5) is 15.4. The predicted molar refractivity (Wildman–Crippen MR) is 156 cm³/mol. The number of carbonyl (C=O) groups is 1. The molecule has 4 rings (SSSR count). The molecule has 0 bridgehead atoms. The summed E-state index contributed by atoms with van der Waals surface area (Å²) in [6.45, 7) is 4.95. The first-order valence-electron chi connectivity index (χ1n) is 11.7. The molecule has 1 heterocycles. The molecule has 2 N–H and O–H groups in total. The summed E-state index contributed by atoms with van der Waals surface area (Å²) in [5.74, 6) is -0.674. The Labute approximate surface area is 244 Å². The number of hydrogen-bond donors (Lipinski definition) is 2. The third kappa shape index (κ3) is 7.43. The number of rotatable bonds is 8. The van der Waals surface area contributed by atoms with Gasteiger partial charge in [-0.3, -0.25) is 9.52 Å². The Bertz CT molecular complexity index is 1540. The number of hydrogen-bond acceptors (Lipinski definition) is 6. The largest absolute Gasteiger partial charge is 0.322 e. The molecule has 0 unspecified atom stereocenters. The average Bonchev–Trinajstić information content (AvgIpc) is 2.90. The molecule has 1 aliphatic rings. The number of carbonyl (C=O) groups excluding carboxylic acids is 1. The Hall–Kier alpha value is -2.38. The van der Waals surface area contributed by atoms with Gasteiger partial charge in [0.1, 0.15) is 0 Å². The van der Waals surface area contributed by atoms with Gasteiger partial charge < -0.3 is 10.2 Å². The SMILES string of the molecule is CCN1CCN(S(=O)(=O)c2cccc(NC(=O)c3cc(Cl)ccc3NS(=O)(=O)c3ccc(Cl)cc3)c2)CC1.Cl. The second-order valence-corrected chi connectivity index (χ2v) is 13.1. The number of nitrogens with zero attached hydrogens (tertiary/aromatic N) is 2. The highest BCUT2D eigenvalue weighted by Gasteiger charge is 2.28. The first kappa shape index (κ1) is 31.2. The molecule has 1 saturated heterocycles. The van der Waals surface area contributed by atoms with Crippen LogP contribution < -0.4 is 10.0 Å². The van der Waals surface area contributed by atoms with Crippen molar-refractivity contribution in [3.05, 3.63) is 82.3 Å². The van der Waals surface area contributed by atoms with Crippen LogP contribution in [0.4, 0.5) is 11.4 Å². The van der Waals surface area contributed by atoms with Crippen LogP contribution in [-0.2, 0) is 20.0 Å². The van der Waals surface area contributed by atoms with Gasteiger partial charge >= 0.3 is 0 Å². The van der Waals surface area contributed by atoms with Crippen LogP contribution in [0, 0.1) is 0 Å². The molecule has 14 heteroatoms. The maximum Gasteiger partial charge on any atom is 0.261 e. The third-order valence-corrected chi connectivity index (χ3v) is 9.87. The number of piperazine rings is 1. The highest BCUT2D eigenvalue weighted by molar-refractivity contribution is 7.92. The molecule has 3 aromatic rings. The Morgan fingerprint density at radius 3 is 2.13 bits per heavy atom. The fourth-order valence-electron chi connectivity index (χ4n) is 3.98. The van der Waals surface area contributed by atoms with E-state index in [-0.39, 0.29) is 44.2 Å². The Morgan fingerprint density at radius 2 is 1.49 bits per heavy atom. The van der Waals surface area contributed by atoms with E-state index in [4.69, 9.17) is 23.2 Å². The average molecular weight is 634 g/mol. The lowest BCUT2D eigenvalue weighted by atomic mass is 10.1. The lowest BCUT2D eigenvalue weighted by Crippen LogP contribution is -2.48. The molecule has 39 heavy (non-hydrogen) atoms. The zero-order valence-electron chi connectivity index (χ0n) is 20.8. The van der Waals surface area contributed by atoms with Gasteiger partial charge in [-0.2, -0.15) is 4.31 Å². The van der Waals surface area contributed by atoms with Gasteiger partial charge in [-0.05, 0) is 67.2 Å². The maximum absolute atomic E-state index is 13.2. The highest BCUT2D eigenvalue weighted by Crippen LogP contribution is 2.27. The molecule has 1 aliphatic heterocycles. The van der Waals surface area contributed by atoms with Crippen LogP contribution in [0.1, 0.15) is 17.3 Å². The maximum atomic E-state index is 13.2. The van der Waals surface area contributed by atoms with Crippen LogP contribution in [0.15, 0.2) is 76.5 Å². The molecule has 0 saturated carbocycles. The molecule has 1 amide bonds. The van der Waals surface area contributed by atoms with Crippen molar-refractivity contribution in [2.45, 2.75) is 16.7 Å². The number of benzene rings is 3. The second-order valence-electron chi connectivity index (χ2n) is 8.57. The van der Waals surface area contributed by atoms with Crippen molar-refractivity contribution in [1.82, 2.24) is 9.21 Å². The van der Waals surface area contributed by atoms with Gasteiger partial charge in [0.2, 0.25) is 10.0 Å². The Morgan fingerprint density at radius 1 is 0.846 bits per heavy atom. The van der Waals surface area contributed by atoms with Gasteiger partial charge in [0, 0.05) is 41.9 Å². The summed E-state index contributed by atoms with van der Waals surface area (Å²) in [6.07, 6.45) is 0. The molecule has 0 aromatic heterocycles. The molecular weight excluding hydrogens is 607 g/mol. The van der Waals surface area contributed by atoms with Gasteiger partial charge in [0.05, 0.1) is 21.0 Å². The summed E-state index contributed by atoms with van der Waals surface area (Å²) < 4.78 is 56.0. The Balaban J connectivity index is 0.00000420. The smallest absolute Gasteiger partial charge is 0.261 e. The molecule has 0 atom stereocenters. The molecule has 0 spiro atoms. The number of nitrogens with one attached hydrogen (secondary N) is 2. The Kier molecular flexibility index (Phi) is 10.3. The monoisotopic (exact) mass is 632 g/mol. The number of sulfonamides is 2. The van der Waals surface area contributed by atoms with Crippen LogP contribution in [-0.4, -0.2) is 64.7 Å². The van der Waals surface area contributed by atoms with E-state index < -0.39 is 26.0 Å². The van der Waals surface area contributed by atoms with Crippen molar-refractivity contribution >= 4 is 72.9 Å². The first-order chi connectivity index (χ1) is 18.0.